The van der Waals surface area contributed by atoms with Crippen LogP contribution in [-0.4, -0.2) is 21.4 Å². The third kappa shape index (κ3) is 3.09. The summed E-state index contributed by atoms with van der Waals surface area (Å²) in [5.41, 5.74) is 2.93. The molecule has 0 aliphatic heterocycles. The van der Waals surface area contributed by atoms with Crippen molar-refractivity contribution in [3.8, 4) is 11.4 Å². The molecule has 2 rings (SSSR count). The van der Waals surface area contributed by atoms with Gasteiger partial charge < -0.3 is 5.43 Å². The summed E-state index contributed by atoms with van der Waals surface area (Å²) in [5.74, 6) is 1.06. The Morgan fingerprint density at radius 1 is 1.20 bits per heavy atom. The van der Waals surface area contributed by atoms with Crippen LogP contribution >= 0.6 is 0 Å². The Morgan fingerprint density at radius 3 is 2.40 bits per heavy atom. The summed E-state index contributed by atoms with van der Waals surface area (Å²) in [6, 6.07) is 4.82. The normalized spacial score (nSPS) is 11.7. The number of alkyl halides is 3. The number of nitrogens with zero attached hydrogens (tertiary/aromatic N) is 3. The minimum absolute atomic E-state index is 0.403. The van der Waals surface area contributed by atoms with Crippen molar-refractivity contribution in [1.29, 1.82) is 0 Å². The molecule has 1 aromatic heterocycles. The molecular weight excluding hydrogens is 269 g/mol. The first kappa shape index (κ1) is 14.4. The van der Waals surface area contributed by atoms with Crippen molar-refractivity contribution in [2.75, 3.05) is 12.0 Å². The van der Waals surface area contributed by atoms with E-state index in [1.807, 2.05) is 6.92 Å². The van der Waals surface area contributed by atoms with E-state index in [2.05, 4.69) is 15.5 Å². The van der Waals surface area contributed by atoms with Crippen LogP contribution in [0.5, 0.6) is 0 Å². The molecule has 0 amide bonds. The average Bonchev–Trinajstić information content (AvgIpc) is 2.77. The van der Waals surface area contributed by atoms with E-state index in [1.54, 1.807) is 6.92 Å². The SMILES string of the molecule is CCCNn1nc(-c2ccc(C(F)(F)F)cc2)nc1C. The van der Waals surface area contributed by atoms with Crippen molar-refractivity contribution < 1.29 is 13.2 Å². The van der Waals surface area contributed by atoms with E-state index in [-0.39, 0.29) is 0 Å². The zero-order valence-electron chi connectivity index (χ0n) is 11.2. The van der Waals surface area contributed by atoms with Crippen molar-refractivity contribution in [2.45, 2.75) is 26.4 Å². The van der Waals surface area contributed by atoms with Crippen molar-refractivity contribution >= 4 is 0 Å². The Labute approximate surface area is 114 Å². The minimum atomic E-state index is -4.33. The highest BCUT2D eigenvalue weighted by molar-refractivity contribution is 5.55. The summed E-state index contributed by atoms with van der Waals surface area (Å²) in [6.07, 6.45) is -3.39. The highest BCUT2D eigenvalue weighted by Crippen LogP contribution is 2.30. The van der Waals surface area contributed by atoms with Gasteiger partial charge in [-0.15, -0.1) is 5.10 Å². The van der Waals surface area contributed by atoms with Gasteiger partial charge in [-0.3, -0.25) is 0 Å². The molecular formula is C13H15F3N4. The lowest BCUT2D eigenvalue weighted by Crippen LogP contribution is -2.18. The Hall–Kier alpha value is -2.05. The van der Waals surface area contributed by atoms with Gasteiger partial charge in [-0.1, -0.05) is 19.1 Å². The van der Waals surface area contributed by atoms with Gasteiger partial charge in [0.1, 0.15) is 5.82 Å². The van der Waals surface area contributed by atoms with Gasteiger partial charge in [0.25, 0.3) is 0 Å². The molecule has 0 spiro atoms. The van der Waals surface area contributed by atoms with Crippen LogP contribution in [0.3, 0.4) is 0 Å². The summed E-state index contributed by atoms with van der Waals surface area (Å²) in [5, 5.41) is 4.22. The van der Waals surface area contributed by atoms with Crippen LogP contribution in [0.4, 0.5) is 13.2 Å². The first-order valence-electron chi connectivity index (χ1n) is 6.27. The smallest absolute Gasteiger partial charge is 0.308 e. The lowest BCUT2D eigenvalue weighted by atomic mass is 10.1. The van der Waals surface area contributed by atoms with E-state index in [9.17, 15) is 13.2 Å². The quantitative estimate of drug-likeness (QED) is 0.937. The Morgan fingerprint density at radius 2 is 1.85 bits per heavy atom. The Balaban J connectivity index is 2.24. The molecule has 0 aliphatic rings. The highest BCUT2D eigenvalue weighted by Gasteiger charge is 2.30. The monoisotopic (exact) mass is 284 g/mol. The molecule has 0 unspecified atom stereocenters. The van der Waals surface area contributed by atoms with Gasteiger partial charge in [-0.25, -0.2) is 4.98 Å². The van der Waals surface area contributed by atoms with Crippen LogP contribution in [0.2, 0.25) is 0 Å². The number of hydrogen-bond acceptors (Lipinski definition) is 3. The van der Waals surface area contributed by atoms with Gasteiger partial charge >= 0.3 is 6.18 Å². The van der Waals surface area contributed by atoms with Gasteiger partial charge in [0, 0.05) is 12.1 Å². The predicted octanol–water partition coefficient (Wildman–Crippen LogP) is 3.23. The van der Waals surface area contributed by atoms with Crippen LogP contribution < -0.4 is 5.43 Å². The molecule has 2 aromatic rings. The van der Waals surface area contributed by atoms with E-state index < -0.39 is 11.7 Å². The van der Waals surface area contributed by atoms with Gasteiger partial charge in [0.05, 0.1) is 5.56 Å². The van der Waals surface area contributed by atoms with E-state index in [4.69, 9.17) is 0 Å². The zero-order valence-corrected chi connectivity index (χ0v) is 11.2. The summed E-state index contributed by atoms with van der Waals surface area (Å²) in [4.78, 5) is 5.77. The minimum Gasteiger partial charge on any atom is -0.308 e. The lowest BCUT2D eigenvalue weighted by Gasteiger charge is -2.06. The molecule has 20 heavy (non-hydrogen) atoms. The first-order chi connectivity index (χ1) is 9.41. The Kier molecular flexibility index (Phi) is 3.96. The molecule has 0 saturated heterocycles. The molecule has 7 heteroatoms. The summed E-state index contributed by atoms with van der Waals surface area (Å²) >= 11 is 0. The highest BCUT2D eigenvalue weighted by atomic mass is 19.4. The van der Waals surface area contributed by atoms with Crippen molar-refractivity contribution in [3.05, 3.63) is 35.7 Å². The van der Waals surface area contributed by atoms with Crippen LogP contribution in [0.1, 0.15) is 24.7 Å². The van der Waals surface area contributed by atoms with Gasteiger partial charge in [-0.05, 0) is 25.5 Å². The third-order valence-corrected chi connectivity index (χ3v) is 2.75. The predicted molar refractivity (Wildman–Crippen MR) is 69.7 cm³/mol. The number of benzene rings is 1. The molecule has 0 fully saturated rings. The van der Waals surface area contributed by atoms with Crippen LogP contribution in [0.15, 0.2) is 24.3 Å². The lowest BCUT2D eigenvalue weighted by molar-refractivity contribution is -0.137. The molecule has 4 nitrogen and oxygen atoms in total. The largest absolute Gasteiger partial charge is 0.416 e. The third-order valence-electron chi connectivity index (χ3n) is 2.75. The van der Waals surface area contributed by atoms with Crippen molar-refractivity contribution in [3.63, 3.8) is 0 Å². The topological polar surface area (TPSA) is 42.7 Å². The van der Waals surface area contributed by atoms with Crippen molar-refractivity contribution in [2.24, 2.45) is 0 Å². The summed E-state index contributed by atoms with van der Waals surface area (Å²) < 4.78 is 37.5. The molecule has 1 aromatic carbocycles. The molecule has 0 saturated carbocycles. The molecule has 1 N–H and O–H groups in total. The molecule has 0 atom stereocenters. The first-order valence-corrected chi connectivity index (χ1v) is 6.27. The second kappa shape index (κ2) is 5.52. The van der Waals surface area contributed by atoms with Crippen LogP contribution in [0.25, 0.3) is 11.4 Å². The second-order valence-corrected chi connectivity index (χ2v) is 4.38. The number of hydrogen-bond donors (Lipinski definition) is 1. The number of aryl methyl sites for hydroxylation is 1. The van der Waals surface area contributed by atoms with E-state index in [0.717, 1.165) is 25.1 Å². The van der Waals surface area contributed by atoms with E-state index in [1.165, 1.54) is 16.9 Å². The molecule has 0 radical (unpaired) electrons. The maximum absolute atomic E-state index is 12.5. The molecule has 0 aliphatic carbocycles. The zero-order chi connectivity index (χ0) is 14.8. The van der Waals surface area contributed by atoms with E-state index >= 15 is 0 Å². The summed E-state index contributed by atoms with van der Waals surface area (Å²) in [7, 11) is 0. The Bertz CT molecular complexity index is 572. The number of rotatable bonds is 4. The number of aromatic nitrogens is 3. The average molecular weight is 284 g/mol. The van der Waals surface area contributed by atoms with Gasteiger partial charge in [0.2, 0.25) is 0 Å². The van der Waals surface area contributed by atoms with Gasteiger partial charge in [-0.2, -0.15) is 18.0 Å². The maximum Gasteiger partial charge on any atom is 0.416 e. The number of halogens is 3. The number of nitrogens with one attached hydrogen (secondary N) is 1. The van der Waals surface area contributed by atoms with Crippen LogP contribution in [-0.2, 0) is 6.18 Å². The fraction of sp³-hybridized carbons (Fsp3) is 0.385. The molecule has 108 valence electrons. The fourth-order valence-electron chi connectivity index (χ4n) is 1.69. The van der Waals surface area contributed by atoms with Gasteiger partial charge in [0.15, 0.2) is 5.82 Å². The standard InChI is InChI=1S/C13H15F3N4/c1-3-8-17-20-9(2)18-12(19-20)10-4-6-11(7-5-10)13(14,15)16/h4-7,17H,3,8H2,1-2H3. The second-order valence-electron chi connectivity index (χ2n) is 4.38. The summed E-state index contributed by atoms with van der Waals surface area (Å²) in [6.45, 7) is 4.55. The van der Waals surface area contributed by atoms with E-state index in [0.29, 0.717) is 17.2 Å². The molecule has 0 bridgehead atoms. The van der Waals surface area contributed by atoms with Crippen LogP contribution in [0, 0.1) is 6.92 Å². The maximum atomic E-state index is 12.5. The van der Waals surface area contributed by atoms with Crippen molar-refractivity contribution in [1.82, 2.24) is 14.9 Å². The molecule has 1 heterocycles. The fourth-order valence-corrected chi connectivity index (χ4v) is 1.69.